The number of benzene rings is 1. The van der Waals surface area contributed by atoms with Gasteiger partial charge in [-0.15, -0.1) is 11.3 Å². The maximum atomic E-state index is 4.78. The van der Waals surface area contributed by atoms with Gasteiger partial charge >= 0.3 is 0 Å². The van der Waals surface area contributed by atoms with Crippen molar-refractivity contribution in [1.82, 2.24) is 14.7 Å². The summed E-state index contributed by atoms with van der Waals surface area (Å²) in [4.78, 5) is 8.05. The lowest BCUT2D eigenvalue weighted by Gasteiger charge is -2.18. The van der Waals surface area contributed by atoms with Crippen LogP contribution in [0.3, 0.4) is 0 Å². The first-order chi connectivity index (χ1) is 10.2. The number of aromatic nitrogens is 2. The zero-order chi connectivity index (χ0) is 14.8. The first-order valence-corrected chi connectivity index (χ1v) is 7.92. The maximum Gasteiger partial charge on any atom is 0.195 e. The molecule has 0 aliphatic heterocycles. The number of imidazole rings is 1. The van der Waals surface area contributed by atoms with E-state index in [4.69, 9.17) is 4.98 Å². The van der Waals surface area contributed by atoms with E-state index in [0.717, 1.165) is 23.9 Å². The Morgan fingerprint density at radius 3 is 3.00 bits per heavy atom. The van der Waals surface area contributed by atoms with Crippen LogP contribution < -0.4 is 10.2 Å². The number of rotatable bonds is 5. The van der Waals surface area contributed by atoms with Crippen LogP contribution in [0.4, 0.5) is 5.82 Å². The van der Waals surface area contributed by atoms with Gasteiger partial charge in [-0.25, -0.2) is 4.98 Å². The summed E-state index contributed by atoms with van der Waals surface area (Å²) < 4.78 is 2.17. The summed E-state index contributed by atoms with van der Waals surface area (Å²) in [5.41, 5.74) is 3.82. The second-order valence-corrected chi connectivity index (χ2v) is 6.19. The number of nitrogens with one attached hydrogen (secondary N) is 1. The Balaban J connectivity index is 1.91. The summed E-state index contributed by atoms with van der Waals surface area (Å²) in [5.74, 6) is 1.05. The molecule has 0 radical (unpaired) electrons. The van der Waals surface area contributed by atoms with Crippen LogP contribution in [0.2, 0.25) is 0 Å². The van der Waals surface area contributed by atoms with Crippen molar-refractivity contribution in [3.8, 4) is 0 Å². The molecule has 0 amide bonds. The van der Waals surface area contributed by atoms with Crippen LogP contribution in [0.5, 0.6) is 0 Å². The summed E-state index contributed by atoms with van der Waals surface area (Å²) in [6, 6.07) is 8.63. The molecule has 0 unspecified atom stereocenters. The van der Waals surface area contributed by atoms with Crippen molar-refractivity contribution in [3.05, 3.63) is 52.7 Å². The first kappa shape index (κ1) is 14.1. The van der Waals surface area contributed by atoms with Gasteiger partial charge in [-0.3, -0.25) is 4.40 Å². The normalized spacial score (nSPS) is 11.2. The zero-order valence-corrected chi connectivity index (χ0v) is 13.4. The lowest BCUT2D eigenvalue weighted by Crippen LogP contribution is -2.20. The molecule has 0 aliphatic carbocycles. The van der Waals surface area contributed by atoms with E-state index < -0.39 is 0 Å². The topological polar surface area (TPSA) is 32.6 Å². The number of fused-ring (bicyclic) bond motifs is 1. The molecule has 2 heterocycles. The van der Waals surface area contributed by atoms with Gasteiger partial charge in [-0.1, -0.05) is 29.8 Å². The first-order valence-electron chi connectivity index (χ1n) is 7.04. The van der Waals surface area contributed by atoms with Gasteiger partial charge in [0.15, 0.2) is 10.8 Å². The minimum Gasteiger partial charge on any atom is -0.354 e. The fourth-order valence-electron chi connectivity index (χ4n) is 2.62. The van der Waals surface area contributed by atoms with E-state index in [1.54, 1.807) is 11.3 Å². The van der Waals surface area contributed by atoms with Crippen molar-refractivity contribution in [2.24, 2.45) is 0 Å². The third-order valence-electron chi connectivity index (χ3n) is 3.55. The molecule has 0 aliphatic rings. The SMILES string of the molecule is CNCc1c(N(C)Cc2cccc(C)c2)nc2sccn12. The fraction of sp³-hybridized carbons (Fsp3) is 0.312. The Morgan fingerprint density at radius 2 is 2.24 bits per heavy atom. The van der Waals surface area contributed by atoms with Gasteiger partial charge < -0.3 is 10.2 Å². The van der Waals surface area contributed by atoms with E-state index in [2.05, 4.69) is 64.4 Å². The van der Waals surface area contributed by atoms with Crippen molar-refractivity contribution >= 4 is 22.1 Å². The molecule has 1 N–H and O–H groups in total. The fourth-order valence-corrected chi connectivity index (χ4v) is 3.35. The Kier molecular flexibility index (Phi) is 3.94. The third-order valence-corrected chi connectivity index (χ3v) is 4.30. The predicted molar refractivity (Wildman–Crippen MR) is 89.1 cm³/mol. The molecule has 3 rings (SSSR count). The Bertz CT molecular complexity index is 744. The molecule has 2 aromatic heterocycles. The third kappa shape index (κ3) is 2.80. The highest BCUT2D eigenvalue weighted by Gasteiger charge is 2.16. The van der Waals surface area contributed by atoms with Crippen molar-refractivity contribution in [2.45, 2.75) is 20.0 Å². The largest absolute Gasteiger partial charge is 0.354 e. The summed E-state index contributed by atoms with van der Waals surface area (Å²) >= 11 is 1.67. The number of aryl methyl sites for hydroxylation is 1. The van der Waals surface area contributed by atoms with Gasteiger partial charge in [0.1, 0.15) is 0 Å². The van der Waals surface area contributed by atoms with E-state index in [1.807, 2.05) is 7.05 Å². The van der Waals surface area contributed by atoms with Crippen LogP contribution in [0.1, 0.15) is 16.8 Å². The minimum atomic E-state index is 0.811. The average Bonchev–Trinajstić information content (AvgIpc) is 3.01. The molecule has 4 nitrogen and oxygen atoms in total. The molecule has 21 heavy (non-hydrogen) atoms. The molecule has 110 valence electrons. The van der Waals surface area contributed by atoms with Crippen LogP contribution in [-0.2, 0) is 13.1 Å². The molecular weight excluding hydrogens is 280 g/mol. The van der Waals surface area contributed by atoms with Gasteiger partial charge in [0.25, 0.3) is 0 Å². The van der Waals surface area contributed by atoms with Crippen LogP contribution in [0, 0.1) is 6.92 Å². The van der Waals surface area contributed by atoms with E-state index in [1.165, 1.54) is 16.8 Å². The Hall–Kier alpha value is -1.85. The monoisotopic (exact) mass is 300 g/mol. The second kappa shape index (κ2) is 5.87. The van der Waals surface area contributed by atoms with Crippen LogP contribution in [0.25, 0.3) is 4.96 Å². The predicted octanol–water partition coefficient (Wildman–Crippen LogP) is 3.06. The van der Waals surface area contributed by atoms with E-state index in [0.29, 0.717) is 0 Å². The van der Waals surface area contributed by atoms with Gasteiger partial charge in [0, 0.05) is 31.7 Å². The molecule has 0 saturated carbocycles. The lowest BCUT2D eigenvalue weighted by atomic mass is 10.1. The van der Waals surface area contributed by atoms with Crippen molar-refractivity contribution in [3.63, 3.8) is 0 Å². The van der Waals surface area contributed by atoms with Gasteiger partial charge in [0.05, 0.1) is 5.69 Å². The highest BCUT2D eigenvalue weighted by molar-refractivity contribution is 7.15. The van der Waals surface area contributed by atoms with Gasteiger partial charge in [-0.05, 0) is 19.5 Å². The standard InChI is InChI=1S/C16H20N4S/c1-12-5-4-6-13(9-12)11-19(3)15-14(10-17-2)20-7-8-21-16(20)18-15/h4-9,17H,10-11H2,1-3H3. The van der Waals surface area contributed by atoms with Gasteiger partial charge in [0.2, 0.25) is 0 Å². The molecule has 0 saturated heterocycles. The molecule has 0 spiro atoms. The summed E-state index contributed by atoms with van der Waals surface area (Å²) in [6.07, 6.45) is 2.09. The van der Waals surface area contributed by atoms with E-state index >= 15 is 0 Å². The highest BCUT2D eigenvalue weighted by atomic mass is 32.1. The molecule has 0 fully saturated rings. The van der Waals surface area contributed by atoms with Crippen molar-refractivity contribution in [2.75, 3.05) is 19.0 Å². The summed E-state index contributed by atoms with van der Waals surface area (Å²) in [5, 5.41) is 5.31. The van der Waals surface area contributed by atoms with Crippen LogP contribution in [0.15, 0.2) is 35.8 Å². The van der Waals surface area contributed by atoms with Crippen LogP contribution in [-0.4, -0.2) is 23.5 Å². The van der Waals surface area contributed by atoms with E-state index in [-0.39, 0.29) is 0 Å². The lowest BCUT2D eigenvalue weighted by molar-refractivity contribution is 0.772. The maximum absolute atomic E-state index is 4.78. The number of hydrogen-bond acceptors (Lipinski definition) is 4. The van der Waals surface area contributed by atoms with Gasteiger partial charge in [-0.2, -0.15) is 0 Å². The van der Waals surface area contributed by atoms with Crippen molar-refractivity contribution < 1.29 is 0 Å². The highest BCUT2D eigenvalue weighted by Crippen LogP contribution is 2.25. The number of thiazole rings is 1. The molecule has 3 aromatic rings. The summed E-state index contributed by atoms with van der Waals surface area (Å²) in [6.45, 7) is 3.80. The van der Waals surface area contributed by atoms with Crippen LogP contribution >= 0.6 is 11.3 Å². The number of hydrogen-bond donors (Lipinski definition) is 1. The Morgan fingerprint density at radius 1 is 1.38 bits per heavy atom. The van der Waals surface area contributed by atoms with Crippen molar-refractivity contribution in [1.29, 1.82) is 0 Å². The van der Waals surface area contributed by atoms with E-state index in [9.17, 15) is 0 Å². The molecule has 0 bridgehead atoms. The average molecular weight is 300 g/mol. The second-order valence-electron chi connectivity index (χ2n) is 5.31. The molecular formula is C16H20N4S. The zero-order valence-electron chi connectivity index (χ0n) is 12.6. The summed E-state index contributed by atoms with van der Waals surface area (Å²) in [7, 11) is 4.07. The molecule has 1 aromatic carbocycles. The Labute approximate surface area is 129 Å². The quantitative estimate of drug-likeness (QED) is 0.786. The number of nitrogens with zero attached hydrogens (tertiary/aromatic N) is 3. The molecule has 0 atom stereocenters. The minimum absolute atomic E-state index is 0.811. The smallest absolute Gasteiger partial charge is 0.195 e. The number of anilines is 1. The molecule has 5 heteroatoms.